The standard InChI is InChI=1S/C13H9N5O/c14-13-11-7(17-6-18-13)1-2-8-12(11)19-10-5-9(10)16-4-3-15-8/h1-4,6H,5H2,(H2,14,17,18). The Bertz CT molecular complexity index is 869. The second-order valence-corrected chi connectivity index (χ2v) is 4.27. The summed E-state index contributed by atoms with van der Waals surface area (Å²) in [5, 5.41) is 0.692. The third kappa shape index (κ3) is 1.57. The van der Waals surface area contributed by atoms with Gasteiger partial charge in [-0.25, -0.2) is 9.97 Å². The molecule has 0 aliphatic heterocycles. The number of hydrogen-bond acceptors (Lipinski definition) is 6. The lowest BCUT2D eigenvalue weighted by molar-refractivity contribution is 0.595. The van der Waals surface area contributed by atoms with Crippen LogP contribution in [0.1, 0.15) is 11.5 Å². The largest absolute Gasteiger partial charge is 0.456 e. The van der Waals surface area contributed by atoms with Crippen molar-refractivity contribution in [3.05, 3.63) is 42.3 Å². The average Bonchev–Trinajstić information content (AvgIpc) is 3.14. The maximum absolute atomic E-state index is 5.94. The minimum atomic E-state index is 0.389. The first-order chi connectivity index (χ1) is 9.33. The van der Waals surface area contributed by atoms with Gasteiger partial charge in [-0.1, -0.05) is 0 Å². The Labute approximate surface area is 107 Å². The maximum Gasteiger partial charge on any atom is 0.165 e. The zero-order chi connectivity index (χ0) is 12.8. The van der Waals surface area contributed by atoms with E-state index in [-0.39, 0.29) is 0 Å². The first-order valence-corrected chi connectivity index (χ1v) is 5.83. The average molecular weight is 251 g/mol. The third-order valence-electron chi connectivity index (χ3n) is 3.03. The minimum Gasteiger partial charge on any atom is -0.456 e. The van der Waals surface area contributed by atoms with Crippen LogP contribution in [0.2, 0.25) is 0 Å². The molecule has 1 aliphatic rings. The van der Waals surface area contributed by atoms with Crippen LogP contribution >= 0.6 is 0 Å². The Kier molecular flexibility index (Phi) is 1.94. The van der Waals surface area contributed by atoms with Gasteiger partial charge in [0.15, 0.2) is 5.58 Å². The zero-order valence-corrected chi connectivity index (χ0v) is 9.87. The molecule has 2 heterocycles. The van der Waals surface area contributed by atoms with E-state index in [2.05, 4.69) is 19.9 Å². The lowest BCUT2D eigenvalue weighted by Crippen LogP contribution is -1.93. The van der Waals surface area contributed by atoms with E-state index in [4.69, 9.17) is 10.2 Å². The highest BCUT2D eigenvalue weighted by atomic mass is 16.3. The zero-order valence-electron chi connectivity index (χ0n) is 9.87. The van der Waals surface area contributed by atoms with Crippen molar-refractivity contribution in [2.24, 2.45) is 0 Å². The van der Waals surface area contributed by atoms with Gasteiger partial charge in [-0.2, -0.15) is 0 Å². The summed E-state index contributed by atoms with van der Waals surface area (Å²) in [6.45, 7) is 0. The molecule has 4 rings (SSSR count). The summed E-state index contributed by atoms with van der Waals surface area (Å²) in [6, 6.07) is 3.70. The highest BCUT2D eigenvalue weighted by Crippen LogP contribution is 2.30. The Morgan fingerprint density at radius 3 is 2.79 bits per heavy atom. The maximum atomic E-state index is 5.94. The van der Waals surface area contributed by atoms with Crippen LogP contribution in [0.5, 0.6) is 0 Å². The van der Waals surface area contributed by atoms with Crippen LogP contribution in [0.15, 0.2) is 35.3 Å². The van der Waals surface area contributed by atoms with Gasteiger partial charge >= 0.3 is 0 Å². The molecule has 0 saturated carbocycles. The second-order valence-electron chi connectivity index (χ2n) is 4.27. The predicted molar refractivity (Wildman–Crippen MR) is 69.7 cm³/mol. The van der Waals surface area contributed by atoms with Gasteiger partial charge < -0.3 is 10.2 Å². The third-order valence-corrected chi connectivity index (χ3v) is 3.03. The van der Waals surface area contributed by atoms with E-state index in [1.807, 2.05) is 12.1 Å². The van der Waals surface area contributed by atoms with E-state index in [1.165, 1.54) is 6.33 Å². The van der Waals surface area contributed by atoms with E-state index in [0.717, 1.165) is 23.4 Å². The van der Waals surface area contributed by atoms with Gasteiger partial charge in [0.05, 0.1) is 23.0 Å². The molecule has 92 valence electrons. The van der Waals surface area contributed by atoms with Crippen LogP contribution in [0.25, 0.3) is 22.0 Å². The molecule has 6 heteroatoms. The van der Waals surface area contributed by atoms with Crippen molar-refractivity contribution in [2.45, 2.75) is 6.42 Å². The minimum absolute atomic E-state index is 0.389. The van der Waals surface area contributed by atoms with Gasteiger partial charge in [0, 0.05) is 12.4 Å². The predicted octanol–water partition coefficient (Wildman–Crippen LogP) is 1.78. The fourth-order valence-electron chi connectivity index (χ4n) is 2.02. The Balaban J connectivity index is 2.28. The van der Waals surface area contributed by atoms with Gasteiger partial charge in [-0.15, -0.1) is 0 Å². The monoisotopic (exact) mass is 251 g/mol. The van der Waals surface area contributed by atoms with Gasteiger partial charge in [0.2, 0.25) is 0 Å². The highest BCUT2D eigenvalue weighted by Gasteiger charge is 2.21. The highest BCUT2D eigenvalue weighted by molar-refractivity contribution is 6.06. The van der Waals surface area contributed by atoms with E-state index < -0.39 is 0 Å². The number of rotatable bonds is 0. The summed E-state index contributed by atoms with van der Waals surface area (Å²) in [5.74, 6) is 1.23. The van der Waals surface area contributed by atoms with Crippen LogP contribution in [-0.2, 0) is 6.42 Å². The van der Waals surface area contributed by atoms with Crippen molar-refractivity contribution < 1.29 is 4.42 Å². The smallest absolute Gasteiger partial charge is 0.165 e. The summed E-state index contributed by atoms with van der Waals surface area (Å²) in [6.07, 6.45) is 5.50. The number of nitrogens with zero attached hydrogens (tertiary/aromatic N) is 4. The number of hydrogen-bond donors (Lipinski definition) is 1. The molecule has 2 aromatic heterocycles. The molecule has 0 unspecified atom stereocenters. The Morgan fingerprint density at radius 2 is 1.84 bits per heavy atom. The fraction of sp³-hybridized carbons (Fsp3) is 0.0769. The number of benzene rings is 1. The molecule has 0 fully saturated rings. The summed E-state index contributed by atoms with van der Waals surface area (Å²) >= 11 is 0. The topological polar surface area (TPSA) is 90.7 Å². The molecule has 19 heavy (non-hydrogen) atoms. The SMILES string of the molecule is Nc1ncnc2ccc3nccnc4c(oc3c12)C4. The van der Waals surface area contributed by atoms with Crippen LogP contribution in [-0.4, -0.2) is 19.9 Å². The molecule has 6 nitrogen and oxygen atoms in total. The van der Waals surface area contributed by atoms with Crippen LogP contribution in [0, 0.1) is 0 Å². The molecule has 0 spiro atoms. The van der Waals surface area contributed by atoms with Gasteiger partial charge in [0.1, 0.15) is 23.4 Å². The first kappa shape index (κ1) is 10.2. The van der Waals surface area contributed by atoms with Gasteiger partial charge in [0.25, 0.3) is 0 Å². The molecule has 1 aliphatic carbocycles. The quantitative estimate of drug-likeness (QED) is 0.512. The Morgan fingerprint density at radius 1 is 1.00 bits per heavy atom. The molecule has 3 aromatic rings. The normalized spacial score (nSPS) is 12.2. The van der Waals surface area contributed by atoms with Crippen LogP contribution < -0.4 is 5.73 Å². The van der Waals surface area contributed by atoms with Gasteiger partial charge in [-0.05, 0) is 12.1 Å². The van der Waals surface area contributed by atoms with Crippen molar-refractivity contribution in [3.63, 3.8) is 0 Å². The lowest BCUT2D eigenvalue weighted by Gasteiger charge is -2.01. The number of nitrogen functional groups attached to an aromatic ring is 1. The van der Waals surface area contributed by atoms with Crippen molar-refractivity contribution >= 4 is 27.8 Å². The Hall–Kier alpha value is -2.76. The number of aromatic nitrogens is 4. The number of nitrogens with two attached hydrogens (primary N) is 1. The molecule has 2 N–H and O–H groups in total. The molecule has 0 saturated heterocycles. The van der Waals surface area contributed by atoms with Crippen molar-refractivity contribution in [1.82, 2.24) is 19.9 Å². The molecule has 0 radical (unpaired) electrons. The molecule has 0 amide bonds. The van der Waals surface area contributed by atoms with E-state index in [9.17, 15) is 0 Å². The molecule has 1 aromatic carbocycles. The summed E-state index contributed by atoms with van der Waals surface area (Å²) < 4.78 is 5.88. The van der Waals surface area contributed by atoms with Crippen molar-refractivity contribution in [1.29, 1.82) is 0 Å². The molecular weight excluding hydrogens is 242 g/mol. The molecule has 0 atom stereocenters. The second kappa shape index (κ2) is 3.61. The van der Waals surface area contributed by atoms with Crippen molar-refractivity contribution in [2.75, 3.05) is 5.73 Å². The van der Waals surface area contributed by atoms with E-state index >= 15 is 0 Å². The summed E-state index contributed by atoms with van der Waals surface area (Å²) in [7, 11) is 0. The van der Waals surface area contributed by atoms with Crippen molar-refractivity contribution in [3.8, 4) is 0 Å². The summed E-state index contributed by atoms with van der Waals surface area (Å²) in [5.41, 5.74) is 8.91. The van der Waals surface area contributed by atoms with Crippen LogP contribution in [0.4, 0.5) is 5.82 Å². The summed E-state index contributed by atoms with van der Waals surface area (Å²) in [4.78, 5) is 16.8. The van der Waals surface area contributed by atoms with E-state index in [0.29, 0.717) is 22.3 Å². The fourth-order valence-corrected chi connectivity index (χ4v) is 2.02. The molecular formula is C13H9N5O. The first-order valence-electron chi connectivity index (χ1n) is 5.83. The number of anilines is 1. The lowest BCUT2D eigenvalue weighted by atomic mass is 10.2. The van der Waals surface area contributed by atoms with Gasteiger partial charge in [-0.3, -0.25) is 9.97 Å². The van der Waals surface area contributed by atoms with E-state index in [1.54, 1.807) is 12.4 Å². The van der Waals surface area contributed by atoms with Crippen LogP contribution in [0.3, 0.4) is 0 Å². The number of fused-ring (bicyclic) bond motifs is 4. The molecule has 0 bridgehead atoms.